The maximum Gasteiger partial charge on any atom is 0.254 e. The van der Waals surface area contributed by atoms with E-state index in [9.17, 15) is 4.79 Å². The molecule has 5 heteroatoms. The molecular weight excluding hydrogens is 338 g/mol. The van der Waals surface area contributed by atoms with Crippen molar-refractivity contribution in [3.8, 4) is 11.5 Å². The van der Waals surface area contributed by atoms with Crippen molar-refractivity contribution in [2.75, 3.05) is 20.3 Å². The number of hydrogen-bond acceptors (Lipinski definition) is 3. The van der Waals surface area contributed by atoms with Gasteiger partial charge in [0, 0.05) is 17.6 Å². The van der Waals surface area contributed by atoms with Crippen LogP contribution in [0, 0.1) is 0 Å². The van der Waals surface area contributed by atoms with Crippen molar-refractivity contribution >= 4 is 17.5 Å². The average molecular weight is 362 g/mol. The summed E-state index contributed by atoms with van der Waals surface area (Å²) in [5.41, 5.74) is 1.59. The molecule has 25 heavy (non-hydrogen) atoms. The molecule has 134 valence electrons. The molecule has 0 aromatic heterocycles. The Hall–Kier alpha value is -2.20. The Morgan fingerprint density at radius 1 is 1.04 bits per heavy atom. The molecule has 1 atom stereocenters. The summed E-state index contributed by atoms with van der Waals surface area (Å²) in [6.45, 7) is 6.85. The molecule has 0 spiro atoms. The molecule has 0 bridgehead atoms. The van der Waals surface area contributed by atoms with Gasteiger partial charge in [0.25, 0.3) is 5.91 Å². The summed E-state index contributed by atoms with van der Waals surface area (Å²) in [6, 6.07) is 12.7. The van der Waals surface area contributed by atoms with Crippen molar-refractivity contribution in [2.45, 2.75) is 26.8 Å². The first-order chi connectivity index (χ1) is 12.0. The summed E-state index contributed by atoms with van der Waals surface area (Å²) >= 11 is 5.94. The topological polar surface area (TPSA) is 38.8 Å². The van der Waals surface area contributed by atoms with E-state index in [4.69, 9.17) is 21.1 Å². The summed E-state index contributed by atoms with van der Waals surface area (Å²) < 4.78 is 11.2. The van der Waals surface area contributed by atoms with E-state index in [1.165, 1.54) is 0 Å². The first-order valence-corrected chi connectivity index (χ1v) is 8.78. The van der Waals surface area contributed by atoms with Crippen LogP contribution in [-0.2, 0) is 0 Å². The fourth-order valence-corrected chi connectivity index (χ4v) is 2.65. The lowest BCUT2D eigenvalue weighted by Crippen LogP contribution is -2.29. The number of ether oxygens (including phenoxy) is 2. The van der Waals surface area contributed by atoms with Gasteiger partial charge in [0.15, 0.2) is 11.5 Å². The molecule has 1 unspecified atom stereocenters. The van der Waals surface area contributed by atoms with Crippen molar-refractivity contribution in [2.24, 2.45) is 0 Å². The van der Waals surface area contributed by atoms with Crippen LogP contribution in [0.25, 0.3) is 0 Å². The highest BCUT2D eigenvalue weighted by atomic mass is 35.5. The second-order valence-corrected chi connectivity index (χ2v) is 6.11. The molecule has 0 saturated heterocycles. The maximum absolute atomic E-state index is 12.9. The number of benzene rings is 2. The van der Waals surface area contributed by atoms with E-state index in [1.54, 1.807) is 30.1 Å². The summed E-state index contributed by atoms with van der Waals surface area (Å²) in [7, 11) is 1.79. The highest BCUT2D eigenvalue weighted by Crippen LogP contribution is 2.30. The molecule has 0 saturated carbocycles. The highest BCUT2D eigenvalue weighted by Gasteiger charge is 2.20. The smallest absolute Gasteiger partial charge is 0.254 e. The van der Waals surface area contributed by atoms with E-state index >= 15 is 0 Å². The maximum atomic E-state index is 12.9. The van der Waals surface area contributed by atoms with Crippen LogP contribution in [0.2, 0.25) is 5.02 Å². The average Bonchev–Trinajstić information content (AvgIpc) is 2.62. The van der Waals surface area contributed by atoms with E-state index in [0.717, 1.165) is 5.56 Å². The zero-order chi connectivity index (χ0) is 18.4. The third kappa shape index (κ3) is 4.67. The van der Waals surface area contributed by atoms with Gasteiger partial charge in [-0.2, -0.15) is 0 Å². The van der Waals surface area contributed by atoms with Gasteiger partial charge in [-0.05, 0) is 56.7 Å². The Bertz CT molecular complexity index is 715. The number of amides is 1. The Morgan fingerprint density at radius 2 is 1.64 bits per heavy atom. The SMILES string of the molecule is CCOc1ccc(C(=O)N(C)C(C)c2ccc(Cl)cc2)cc1OCC. The number of carbonyl (C=O) groups is 1. The van der Waals surface area contributed by atoms with Gasteiger partial charge >= 0.3 is 0 Å². The van der Waals surface area contributed by atoms with Crippen LogP contribution in [0.4, 0.5) is 0 Å². The number of hydrogen-bond donors (Lipinski definition) is 0. The fourth-order valence-electron chi connectivity index (χ4n) is 2.53. The second kappa shape index (κ2) is 8.77. The van der Waals surface area contributed by atoms with Gasteiger partial charge in [0.1, 0.15) is 0 Å². The summed E-state index contributed by atoms with van der Waals surface area (Å²) in [5.74, 6) is 1.16. The van der Waals surface area contributed by atoms with Gasteiger partial charge in [-0.15, -0.1) is 0 Å². The Morgan fingerprint density at radius 3 is 2.24 bits per heavy atom. The van der Waals surface area contributed by atoms with Gasteiger partial charge in [-0.3, -0.25) is 4.79 Å². The minimum Gasteiger partial charge on any atom is -0.490 e. The first kappa shape index (κ1) is 19.1. The molecule has 4 nitrogen and oxygen atoms in total. The van der Waals surface area contributed by atoms with Crippen molar-refractivity contribution in [1.82, 2.24) is 4.90 Å². The third-order valence-corrected chi connectivity index (χ3v) is 4.30. The monoisotopic (exact) mass is 361 g/mol. The van der Waals surface area contributed by atoms with Crippen LogP contribution >= 0.6 is 11.6 Å². The number of halogens is 1. The van der Waals surface area contributed by atoms with Crippen LogP contribution in [0.5, 0.6) is 11.5 Å². The molecule has 2 rings (SSSR count). The lowest BCUT2D eigenvalue weighted by Gasteiger charge is -2.26. The van der Waals surface area contributed by atoms with Gasteiger partial charge in [0.05, 0.1) is 19.3 Å². The Labute approximate surface area is 154 Å². The van der Waals surface area contributed by atoms with Crippen LogP contribution in [0.15, 0.2) is 42.5 Å². The fraction of sp³-hybridized carbons (Fsp3) is 0.350. The summed E-state index contributed by atoms with van der Waals surface area (Å²) in [4.78, 5) is 14.6. The van der Waals surface area contributed by atoms with E-state index in [1.807, 2.05) is 45.0 Å². The summed E-state index contributed by atoms with van der Waals surface area (Å²) in [5, 5.41) is 0.679. The third-order valence-electron chi connectivity index (χ3n) is 4.04. The van der Waals surface area contributed by atoms with Crippen molar-refractivity contribution < 1.29 is 14.3 Å². The van der Waals surface area contributed by atoms with Crippen LogP contribution < -0.4 is 9.47 Å². The number of carbonyl (C=O) groups excluding carboxylic acids is 1. The Balaban J connectivity index is 2.23. The second-order valence-electron chi connectivity index (χ2n) is 5.67. The molecule has 0 aliphatic rings. The Kier molecular flexibility index (Phi) is 6.71. The minimum atomic E-state index is -0.0774. The quantitative estimate of drug-likeness (QED) is 0.698. The summed E-state index contributed by atoms with van der Waals surface area (Å²) in [6.07, 6.45) is 0. The standard InChI is InChI=1S/C20H24ClNO3/c1-5-24-18-12-9-16(13-19(18)25-6-2)20(23)22(4)14(3)15-7-10-17(21)11-8-15/h7-14H,5-6H2,1-4H3. The molecule has 0 N–H and O–H groups in total. The van der Waals surface area contributed by atoms with Gasteiger partial charge in [0.2, 0.25) is 0 Å². The van der Waals surface area contributed by atoms with E-state index in [0.29, 0.717) is 35.3 Å². The number of nitrogens with zero attached hydrogens (tertiary/aromatic N) is 1. The van der Waals surface area contributed by atoms with Crippen molar-refractivity contribution in [3.63, 3.8) is 0 Å². The molecule has 1 amide bonds. The molecule has 2 aromatic rings. The van der Waals surface area contributed by atoms with Crippen LogP contribution in [0.1, 0.15) is 42.7 Å². The largest absolute Gasteiger partial charge is 0.490 e. The molecule has 0 fully saturated rings. The van der Waals surface area contributed by atoms with Gasteiger partial charge in [-0.1, -0.05) is 23.7 Å². The zero-order valence-corrected chi connectivity index (χ0v) is 15.8. The van der Waals surface area contributed by atoms with E-state index in [-0.39, 0.29) is 11.9 Å². The highest BCUT2D eigenvalue weighted by molar-refractivity contribution is 6.30. The minimum absolute atomic E-state index is 0.0770. The van der Waals surface area contributed by atoms with E-state index in [2.05, 4.69) is 0 Å². The first-order valence-electron chi connectivity index (χ1n) is 8.40. The molecule has 2 aromatic carbocycles. The van der Waals surface area contributed by atoms with Crippen molar-refractivity contribution in [3.05, 3.63) is 58.6 Å². The molecule has 0 aliphatic carbocycles. The van der Waals surface area contributed by atoms with Crippen LogP contribution in [-0.4, -0.2) is 31.1 Å². The van der Waals surface area contributed by atoms with Crippen molar-refractivity contribution in [1.29, 1.82) is 0 Å². The van der Waals surface area contributed by atoms with Crippen LogP contribution in [0.3, 0.4) is 0 Å². The molecule has 0 radical (unpaired) electrons. The van der Waals surface area contributed by atoms with E-state index < -0.39 is 0 Å². The lowest BCUT2D eigenvalue weighted by atomic mass is 10.1. The normalized spacial score (nSPS) is 11.7. The zero-order valence-electron chi connectivity index (χ0n) is 15.1. The molecule has 0 aliphatic heterocycles. The number of rotatable bonds is 7. The molecular formula is C20H24ClNO3. The van der Waals surface area contributed by atoms with Gasteiger partial charge in [-0.25, -0.2) is 0 Å². The lowest BCUT2D eigenvalue weighted by molar-refractivity contribution is 0.0742. The molecule has 0 heterocycles. The predicted molar refractivity (Wildman–Crippen MR) is 101 cm³/mol. The van der Waals surface area contributed by atoms with Gasteiger partial charge < -0.3 is 14.4 Å². The predicted octanol–water partition coefficient (Wildman–Crippen LogP) is 4.97.